The van der Waals surface area contributed by atoms with E-state index in [0.717, 1.165) is 25.9 Å². The van der Waals surface area contributed by atoms with Crippen molar-refractivity contribution in [3.05, 3.63) is 0 Å². The van der Waals surface area contributed by atoms with Gasteiger partial charge in [0.1, 0.15) is 5.54 Å². The number of ether oxygens (including phenoxy) is 1. The second kappa shape index (κ2) is 8.25. The molecule has 0 saturated carbocycles. The Labute approximate surface area is 122 Å². The van der Waals surface area contributed by atoms with Crippen LogP contribution in [0.5, 0.6) is 0 Å². The molecule has 0 unspecified atom stereocenters. The molecule has 0 spiro atoms. The highest BCUT2D eigenvalue weighted by atomic mass is 16.5. The normalized spacial score (nSPS) is 18.2. The van der Waals surface area contributed by atoms with Crippen molar-refractivity contribution in [3.8, 4) is 0 Å². The third-order valence-corrected chi connectivity index (χ3v) is 3.98. The van der Waals surface area contributed by atoms with Gasteiger partial charge in [-0.05, 0) is 25.7 Å². The van der Waals surface area contributed by atoms with Crippen molar-refractivity contribution in [1.82, 2.24) is 10.2 Å². The summed E-state index contributed by atoms with van der Waals surface area (Å²) in [5, 5.41) is 2.87. The van der Waals surface area contributed by atoms with Gasteiger partial charge in [-0.2, -0.15) is 0 Å². The molecule has 0 aliphatic carbocycles. The van der Waals surface area contributed by atoms with Crippen LogP contribution in [-0.4, -0.2) is 48.6 Å². The van der Waals surface area contributed by atoms with E-state index in [1.54, 1.807) is 4.90 Å². The summed E-state index contributed by atoms with van der Waals surface area (Å²) in [4.78, 5) is 26.0. The van der Waals surface area contributed by atoms with Gasteiger partial charge in [-0.15, -0.1) is 0 Å². The first-order valence-corrected chi connectivity index (χ1v) is 7.77. The highest BCUT2D eigenvalue weighted by Gasteiger charge is 2.43. The molecule has 0 bridgehead atoms. The van der Waals surface area contributed by atoms with Gasteiger partial charge < -0.3 is 15.0 Å². The molecule has 0 aromatic rings. The molecule has 1 fully saturated rings. The van der Waals surface area contributed by atoms with Crippen molar-refractivity contribution < 1.29 is 14.3 Å². The largest absolute Gasteiger partial charge is 0.381 e. The van der Waals surface area contributed by atoms with Crippen LogP contribution in [0.2, 0.25) is 0 Å². The smallest absolute Gasteiger partial charge is 0.248 e. The molecule has 1 aliphatic heterocycles. The third-order valence-electron chi connectivity index (χ3n) is 3.98. The van der Waals surface area contributed by atoms with Crippen molar-refractivity contribution in [2.75, 3.05) is 26.3 Å². The van der Waals surface area contributed by atoms with Gasteiger partial charge in [0.2, 0.25) is 11.8 Å². The molecular formula is C15H28N2O3. The van der Waals surface area contributed by atoms with E-state index in [2.05, 4.69) is 12.2 Å². The Balaban J connectivity index is 2.44. The van der Waals surface area contributed by atoms with E-state index < -0.39 is 5.54 Å². The minimum Gasteiger partial charge on any atom is -0.381 e. The van der Waals surface area contributed by atoms with Crippen molar-refractivity contribution in [2.45, 2.75) is 58.4 Å². The summed E-state index contributed by atoms with van der Waals surface area (Å²) >= 11 is 0. The minimum absolute atomic E-state index is 0.0515. The first-order valence-electron chi connectivity index (χ1n) is 7.77. The van der Waals surface area contributed by atoms with Crippen LogP contribution in [0.15, 0.2) is 0 Å². The van der Waals surface area contributed by atoms with Crippen LogP contribution in [0.1, 0.15) is 52.9 Å². The van der Waals surface area contributed by atoms with Crippen LogP contribution in [0, 0.1) is 0 Å². The first-order chi connectivity index (χ1) is 9.59. The van der Waals surface area contributed by atoms with Gasteiger partial charge in [0.05, 0.1) is 6.54 Å². The first kappa shape index (κ1) is 17.0. The lowest BCUT2D eigenvalue weighted by atomic mass is 9.89. The van der Waals surface area contributed by atoms with Crippen LogP contribution in [0.3, 0.4) is 0 Å². The molecule has 5 nitrogen and oxygen atoms in total. The van der Waals surface area contributed by atoms with Crippen LogP contribution in [0.25, 0.3) is 0 Å². The number of amides is 2. The molecule has 0 aromatic heterocycles. The van der Waals surface area contributed by atoms with E-state index in [-0.39, 0.29) is 18.4 Å². The van der Waals surface area contributed by atoms with E-state index in [1.165, 1.54) is 0 Å². The fourth-order valence-electron chi connectivity index (χ4n) is 2.52. The standard InChI is InChI=1S/C15H28N2O3/c1-4-7-10-20-11-8-9-17-12-13(18)16-15(5-2,6-3)14(17)19/h4-12H2,1-3H3,(H,16,18). The van der Waals surface area contributed by atoms with Crippen molar-refractivity contribution >= 4 is 11.8 Å². The number of unbranched alkanes of at least 4 members (excludes halogenated alkanes) is 1. The van der Waals surface area contributed by atoms with Gasteiger partial charge in [0.15, 0.2) is 0 Å². The summed E-state index contributed by atoms with van der Waals surface area (Å²) in [5.74, 6) is -0.00383. The molecule has 116 valence electrons. The predicted molar refractivity (Wildman–Crippen MR) is 78.4 cm³/mol. The minimum atomic E-state index is -0.696. The van der Waals surface area contributed by atoms with Crippen LogP contribution in [0.4, 0.5) is 0 Å². The van der Waals surface area contributed by atoms with Crippen molar-refractivity contribution in [3.63, 3.8) is 0 Å². The van der Waals surface area contributed by atoms with Crippen LogP contribution in [-0.2, 0) is 14.3 Å². The van der Waals surface area contributed by atoms with Gasteiger partial charge in [-0.25, -0.2) is 0 Å². The number of carbonyl (C=O) groups excluding carboxylic acids is 2. The van der Waals surface area contributed by atoms with Gasteiger partial charge in [0.25, 0.3) is 0 Å². The summed E-state index contributed by atoms with van der Waals surface area (Å²) in [6.07, 6.45) is 4.25. The molecule has 1 heterocycles. The van der Waals surface area contributed by atoms with Crippen molar-refractivity contribution in [1.29, 1.82) is 0 Å². The second-order valence-corrected chi connectivity index (χ2v) is 5.38. The molecule has 1 saturated heterocycles. The third kappa shape index (κ3) is 4.20. The average Bonchev–Trinajstić information content (AvgIpc) is 2.45. The molecule has 1 N–H and O–H groups in total. The Morgan fingerprint density at radius 2 is 1.80 bits per heavy atom. The second-order valence-electron chi connectivity index (χ2n) is 5.38. The Bertz CT molecular complexity index is 327. The quantitative estimate of drug-likeness (QED) is 0.656. The Morgan fingerprint density at radius 1 is 1.15 bits per heavy atom. The van der Waals surface area contributed by atoms with E-state index in [9.17, 15) is 9.59 Å². The molecule has 0 aromatic carbocycles. The van der Waals surface area contributed by atoms with Crippen LogP contribution < -0.4 is 5.32 Å². The number of hydrogen-bond donors (Lipinski definition) is 1. The lowest BCUT2D eigenvalue weighted by molar-refractivity contribution is -0.150. The summed E-state index contributed by atoms with van der Waals surface area (Å²) in [5.41, 5.74) is -0.696. The molecular weight excluding hydrogens is 256 g/mol. The number of nitrogens with one attached hydrogen (secondary N) is 1. The summed E-state index contributed by atoms with van der Waals surface area (Å²) < 4.78 is 5.49. The lowest BCUT2D eigenvalue weighted by Crippen LogP contribution is -2.66. The fourth-order valence-corrected chi connectivity index (χ4v) is 2.52. The van der Waals surface area contributed by atoms with E-state index in [1.807, 2.05) is 13.8 Å². The molecule has 1 aliphatic rings. The number of piperazine rings is 1. The van der Waals surface area contributed by atoms with E-state index in [0.29, 0.717) is 26.0 Å². The van der Waals surface area contributed by atoms with Gasteiger partial charge >= 0.3 is 0 Å². The molecule has 20 heavy (non-hydrogen) atoms. The number of carbonyl (C=O) groups is 2. The van der Waals surface area contributed by atoms with Crippen LogP contribution >= 0.6 is 0 Å². The van der Waals surface area contributed by atoms with Gasteiger partial charge in [0, 0.05) is 19.8 Å². The number of nitrogens with zero attached hydrogens (tertiary/aromatic N) is 1. The summed E-state index contributed by atoms with van der Waals surface area (Å²) in [7, 11) is 0. The molecule has 0 atom stereocenters. The Kier molecular flexibility index (Phi) is 6.99. The van der Waals surface area contributed by atoms with E-state index in [4.69, 9.17) is 4.74 Å². The van der Waals surface area contributed by atoms with Gasteiger partial charge in [-0.3, -0.25) is 9.59 Å². The fraction of sp³-hybridized carbons (Fsp3) is 0.867. The number of hydrogen-bond acceptors (Lipinski definition) is 3. The lowest BCUT2D eigenvalue weighted by Gasteiger charge is -2.41. The highest BCUT2D eigenvalue weighted by molar-refractivity contribution is 5.97. The molecule has 2 amide bonds. The molecule has 1 rings (SSSR count). The predicted octanol–water partition coefficient (Wildman–Crippen LogP) is 1.71. The SMILES string of the molecule is CCCCOCCCN1CC(=O)NC(CC)(CC)C1=O. The maximum Gasteiger partial charge on any atom is 0.248 e. The summed E-state index contributed by atoms with van der Waals surface area (Å²) in [6, 6.07) is 0. The zero-order valence-corrected chi connectivity index (χ0v) is 13.0. The van der Waals surface area contributed by atoms with Gasteiger partial charge in [-0.1, -0.05) is 27.2 Å². The zero-order chi connectivity index (χ0) is 15.0. The summed E-state index contributed by atoms with van der Waals surface area (Å²) in [6.45, 7) is 8.21. The average molecular weight is 284 g/mol. The monoisotopic (exact) mass is 284 g/mol. The van der Waals surface area contributed by atoms with E-state index >= 15 is 0 Å². The zero-order valence-electron chi connectivity index (χ0n) is 13.0. The topological polar surface area (TPSA) is 58.6 Å². The van der Waals surface area contributed by atoms with Crippen molar-refractivity contribution in [2.24, 2.45) is 0 Å². The number of rotatable bonds is 9. The maximum absolute atomic E-state index is 12.5. The molecule has 0 radical (unpaired) electrons. The Morgan fingerprint density at radius 3 is 2.40 bits per heavy atom. The maximum atomic E-state index is 12.5. The Hall–Kier alpha value is -1.10. The highest BCUT2D eigenvalue weighted by Crippen LogP contribution is 2.22. The molecule has 5 heteroatoms.